The van der Waals surface area contributed by atoms with E-state index in [0.29, 0.717) is 22.8 Å². The Morgan fingerprint density at radius 1 is 1.22 bits per heavy atom. The topological polar surface area (TPSA) is 61.9 Å². The van der Waals surface area contributed by atoms with Crippen LogP contribution in [0, 0.1) is 0 Å². The van der Waals surface area contributed by atoms with Crippen molar-refractivity contribution in [3.8, 4) is 11.3 Å². The number of H-pyrrole nitrogens is 1. The molecule has 4 rings (SSSR count). The van der Waals surface area contributed by atoms with Gasteiger partial charge in [-0.3, -0.25) is 14.9 Å². The fraction of sp³-hybridized carbons (Fsp3) is 0.118. The highest BCUT2D eigenvalue weighted by Gasteiger charge is 2.28. The number of nitrogens with zero attached hydrogens (tertiary/aromatic N) is 3. The zero-order valence-electron chi connectivity index (χ0n) is 12.2. The van der Waals surface area contributed by atoms with Crippen LogP contribution in [0.15, 0.2) is 48.9 Å². The minimum absolute atomic E-state index is 0.0846. The maximum atomic E-state index is 13.0. The molecular weight excluding hydrogens is 312 g/mol. The van der Waals surface area contributed by atoms with Crippen molar-refractivity contribution in [1.82, 2.24) is 15.2 Å². The van der Waals surface area contributed by atoms with Gasteiger partial charge in [0.1, 0.15) is 0 Å². The number of benzene rings is 1. The van der Waals surface area contributed by atoms with Gasteiger partial charge in [-0.2, -0.15) is 5.10 Å². The molecule has 2 aromatic heterocycles. The monoisotopic (exact) mass is 324 g/mol. The third-order valence-electron chi connectivity index (χ3n) is 4.03. The number of anilines is 1. The molecule has 0 radical (unpaired) electrons. The molecule has 23 heavy (non-hydrogen) atoms. The lowest BCUT2D eigenvalue weighted by molar-refractivity contribution is 0.0990. The number of amides is 1. The molecule has 0 aliphatic carbocycles. The highest BCUT2D eigenvalue weighted by molar-refractivity contribution is 6.33. The van der Waals surface area contributed by atoms with Crippen LogP contribution >= 0.6 is 11.6 Å². The number of halogens is 1. The Hall–Kier alpha value is -2.66. The maximum absolute atomic E-state index is 13.0. The molecule has 1 aliphatic heterocycles. The molecule has 0 spiro atoms. The summed E-state index contributed by atoms with van der Waals surface area (Å²) in [6.45, 7) is 0.646. The standard InChI is InChI=1S/C17H13ClN4O/c18-14-4-2-1-3-12(14)16-13(10-20-21-16)17(23)22-8-6-11-9-19-7-5-15(11)22/h1-5,7,9-10H,6,8H2,(H,20,21). The van der Waals surface area contributed by atoms with Crippen molar-refractivity contribution in [2.75, 3.05) is 11.4 Å². The first-order valence-electron chi connectivity index (χ1n) is 7.29. The molecule has 114 valence electrons. The van der Waals surface area contributed by atoms with Gasteiger partial charge in [0.15, 0.2) is 0 Å². The van der Waals surface area contributed by atoms with Crippen LogP contribution in [0.3, 0.4) is 0 Å². The Morgan fingerprint density at radius 2 is 2.09 bits per heavy atom. The summed E-state index contributed by atoms with van der Waals surface area (Å²) in [5.41, 5.74) is 3.93. The number of carbonyl (C=O) groups excluding carboxylic acids is 1. The number of nitrogens with one attached hydrogen (secondary N) is 1. The van der Waals surface area contributed by atoms with Crippen LogP contribution in [-0.4, -0.2) is 27.6 Å². The minimum atomic E-state index is -0.0846. The lowest BCUT2D eigenvalue weighted by Gasteiger charge is -2.17. The molecule has 5 nitrogen and oxygen atoms in total. The van der Waals surface area contributed by atoms with Crippen molar-refractivity contribution in [3.63, 3.8) is 0 Å². The molecule has 0 bridgehead atoms. The molecule has 0 atom stereocenters. The zero-order chi connectivity index (χ0) is 15.8. The van der Waals surface area contributed by atoms with Gasteiger partial charge in [0.05, 0.1) is 23.1 Å². The van der Waals surface area contributed by atoms with Gasteiger partial charge in [0, 0.05) is 29.5 Å². The number of aromatic amines is 1. The zero-order valence-corrected chi connectivity index (χ0v) is 12.9. The lowest BCUT2D eigenvalue weighted by Crippen LogP contribution is -2.29. The van der Waals surface area contributed by atoms with E-state index in [1.54, 1.807) is 23.4 Å². The van der Waals surface area contributed by atoms with E-state index in [0.717, 1.165) is 23.2 Å². The van der Waals surface area contributed by atoms with E-state index in [4.69, 9.17) is 11.6 Å². The third-order valence-corrected chi connectivity index (χ3v) is 4.36. The summed E-state index contributed by atoms with van der Waals surface area (Å²) in [7, 11) is 0. The SMILES string of the molecule is O=C(c1cn[nH]c1-c1ccccc1Cl)N1CCc2cnccc21. The van der Waals surface area contributed by atoms with Crippen molar-refractivity contribution >= 4 is 23.2 Å². The van der Waals surface area contributed by atoms with Crippen molar-refractivity contribution in [2.45, 2.75) is 6.42 Å². The second-order valence-electron chi connectivity index (χ2n) is 5.35. The number of aromatic nitrogens is 3. The molecule has 0 unspecified atom stereocenters. The molecule has 1 aliphatic rings. The average Bonchev–Trinajstić information content (AvgIpc) is 3.22. The van der Waals surface area contributed by atoms with Crippen LogP contribution in [0.4, 0.5) is 5.69 Å². The number of hydrogen-bond acceptors (Lipinski definition) is 3. The number of rotatable bonds is 2. The normalized spacial score (nSPS) is 13.2. The molecule has 0 saturated carbocycles. The lowest BCUT2D eigenvalue weighted by atomic mass is 10.1. The third kappa shape index (κ3) is 2.29. The van der Waals surface area contributed by atoms with Gasteiger partial charge in [-0.1, -0.05) is 29.8 Å². The fourth-order valence-corrected chi connectivity index (χ4v) is 3.13. The van der Waals surface area contributed by atoms with E-state index in [9.17, 15) is 4.79 Å². The van der Waals surface area contributed by atoms with Crippen molar-refractivity contribution in [2.24, 2.45) is 0 Å². The van der Waals surface area contributed by atoms with Crippen molar-refractivity contribution < 1.29 is 4.79 Å². The number of pyridine rings is 1. The largest absolute Gasteiger partial charge is 0.308 e. The summed E-state index contributed by atoms with van der Waals surface area (Å²) < 4.78 is 0. The van der Waals surface area contributed by atoms with Gasteiger partial charge in [0.25, 0.3) is 5.91 Å². The Labute approximate surface area is 137 Å². The summed E-state index contributed by atoms with van der Waals surface area (Å²) >= 11 is 6.25. The van der Waals surface area contributed by atoms with E-state index in [1.165, 1.54) is 0 Å². The van der Waals surface area contributed by atoms with Crippen LogP contribution < -0.4 is 4.90 Å². The molecule has 6 heteroatoms. The van der Waals surface area contributed by atoms with Gasteiger partial charge in [-0.15, -0.1) is 0 Å². The minimum Gasteiger partial charge on any atom is -0.308 e. The first-order chi connectivity index (χ1) is 11.3. The van der Waals surface area contributed by atoms with Gasteiger partial charge < -0.3 is 4.90 Å². The molecular formula is C17H13ClN4O. The second-order valence-corrected chi connectivity index (χ2v) is 5.76. The first-order valence-corrected chi connectivity index (χ1v) is 7.66. The second kappa shape index (κ2) is 5.52. The number of carbonyl (C=O) groups is 1. The number of fused-ring (bicyclic) bond motifs is 1. The highest BCUT2D eigenvalue weighted by Crippen LogP contribution is 2.32. The van der Waals surface area contributed by atoms with E-state index in [-0.39, 0.29) is 5.91 Å². The molecule has 1 amide bonds. The smallest absolute Gasteiger partial charge is 0.262 e. The first kappa shape index (κ1) is 14.0. The maximum Gasteiger partial charge on any atom is 0.262 e. The Kier molecular flexibility index (Phi) is 3.35. The van der Waals surface area contributed by atoms with Crippen LogP contribution in [0.2, 0.25) is 5.02 Å². The van der Waals surface area contributed by atoms with Gasteiger partial charge >= 0.3 is 0 Å². The molecule has 1 aromatic carbocycles. The van der Waals surface area contributed by atoms with Crippen molar-refractivity contribution in [3.05, 3.63) is 65.1 Å². The Morgan fingerprint density at radius 3 is 2.96 bits per heavy atom. The Bertz CT molecular complexity index is 890. The highest BCUT2D eigenvalue weighted by atomic mass is 35.5. The van der Waals surface area contributed by atoms with Crippen molar-refractivity contribution in [1.29, 1.82) is 0 Å². The molecule has 1 N–H and O–H groups in total. The van der Waals surface area contributed by atoms with Gasteiger partial charge in [0.2, 0.25) is 0 Å². The van der Waals surface area contributed by atoms with Gasteiger partial charge in [-0.05, 0) is 24.1 Å². The predicted octanol–water partition coefficient (Wildman–Crippen LogP) is 3.33. The predicted molar refractivity (Wildman–Crippen MR) is 88.7 cm³/mol. The average molecular weight is 325 g/mol. The van der Waals surface area contributed by atoms with Gasteiger partial charge in [-0.25, -0.2) is 0 Å². The van der Waals surface area contributed by atoms with E-state index < -0.39 is 0 Å². The summed E-state index contributed by atoms with van der Waals surface area (Å²) in [6, 6.07) is 9.27. The van der Waals surface area contributed by atoms with Crippen LogP contribution in [0.1, 0.15) is 15.9 Å². The summed E-state index contributed by atoms with van der Waals surface area (Å²) in [5.74, 6) is -0.0846. The summed E-state index contributed by atoms with van der Waals surface area (Å²) in [6.07, 6.45) is 5.89. The van der Waals surface area contributed by atoms with E-state index >= 15 is 0 Å². The number of hydrogen-bond donors (Lipinski definition) is 1. The quantitative estimate of drug-likeness (QED) is 0.786. The summed E-state index contributed by atoms with van der Waals surface area (Å²) in [5, 5.41) is 7.52. The summed E-state index contributed by atoms with van der Waals surface area (Å²) in [4.78, 5) is 18.9. The molecule has 3 aromatic rings. The molecule has 0 fully saturated rings. The van der Waals surface area contributed by atoms with E-state index in [2.05, 4.69) is 15.2 Å². The van der Waals surface area contributed by atoms with Crippen LogP contribution in [0.25, 0.3) is 11.3 Å². The van der Waals surface area contributed by atoms with Crippen LogP contribution in [-0.2, 0) is 6.42 Å². The Balaban J connectivity index is 1.75. The van der Waals surface area contributed by atoms with Crippen LogP contribution in [0.5, 0.6) is 0 Å². The fourth-order valence-electron chi connectivity index (χ4n) is 2.90. The molecule has 3 heterocycles. The molecule has 0 saturated heterocycles. The van der Waals surface area contributed by atoms with E-state index in [1.807, 2.05) is 30.5 Å².